The standard InChI is InChI=1S/C60H54N2/c1-58(2,3)43-27-31-47(32-28-43)62(48-33-36-52-50-20-14-15-21-54(50)59(4,5)56(52)39-48)49-34-37-53-51-35-26-42(38-55(51)60(6,7)57(53)40-49)23-22-41-24-29-46(30-25-41)61(44-16-10-8-11-17-44)45-18-12-9-13-19-45/h8-40H,1-7H3/b23-22+. The highest BCUT2D eigenvalue weighted by Gasteiger charge is 2.38. The number of hydrogen-bond acceptors (Lipinski definition) is 2. The van der Waals surface area contributed by atoms with E-state index in [1.54, 1.807) is 0 Å². The van der Waals surface area contributed by atoms with Gasteiger partial charge in [0.05, 0.1) is 0 Å². The monoisotopic (exact) mass is 802 g/mol. The second-order valence-electron chi connectivity index (χ2n) is 19.1. The molecular formula is C60H54N2. The van der Waals surface area contributed by atoms with Crippen molar-refractivity contribution in [3.63, 3.8) is 0 Å². The third-order valence-corrected chi connectivity index (χ3v) is 13.4. The van der Waals surface area contributed by atoms with Gasteiger partial charge < -0.3 is 9.80 Å². The Morgan fingerprint density at radius 2 is 0.710 bits per heavy atom. The Kier molecular flexibility index (Phi) is 9.45. The molecule has 0 bridgehead atoms. The summed E-state index contributed by atoms with van der Waals surface area (Å²) in [5.74, 6) is 0. The summed E-state index contributed by atoms with van der Waals surface area (Å²) in [7, 11) is 0. The van der Waals surface area contributed by atoms with Crippen LogP contribution in [0.25, 0.3) is 34.4 Å². The van der Waals surface area contributed by atoms with Gasteiger partial charge in [-0.1, -0.05) is 176 Å². The third-order valence-electron chi connectivity index (χ3n) is 13.4. The molecule has 2 heteroatoms. The van der Waals surface area contributed by atoms with Crippen LogP contribution in [-0.4, -0.2) is 0 Å². The van der Waals surface area contributed by atoms with Crippen LogP contribution in [0, 0.1) is 0 Å². The maximum absolute atomic E-state index is 2.46. The number of fused-ring (bicyclic) bond motifs is 6. The van der Waals surface area contributed by atoms with Crippen molar-refractivity contribution >= 4 is 46.3 Å². The van der Waals surface area contributed by atoms with Crippen molar-refractivity contribution in [2.45, 2.75) is 64.7 Å². The lowest BCUT2D eigenvalue weighted by Crippen LogP contribution is -2.18. The van der Waals surface area contributed by atoms with Crippen molar-refractivity contribution in [1.29, 1.82) is 0 Å². The zero-order valence-electron chi connectivity index (χ0n) is 36.9. The zero-order valence-corrected chi connectivity index (χ0v) is 36.9. The molecule has 8 aromatic rings. The molecule has 0 radical (unpaired) electrons. The first kappa shape index (κ1) is 39.2. The lowest BCUT2D eigenvalue weighted by Gasteiger charge is -2.30. The van der Waals surface area contributed by atoms with Crippen LogP contribution < -0.4 is 9.80 Å². The Balaban J connectivity index is 0.972. The molecule has 0 atom stereocenters. The van der Waals surface area contributed by atoms with Crippen LogP contribution in [0.15, 0.2) is 188 Å². The van der Waals surface area contributed by atoms with Gasteiger partial charge in [0.1, 0.15) is 0 Å². The topological polar surface area (TPSA) is 6.48 Å². The molecule has 0 aromatic heterocycles. The van der Waals surface area contributed by atoms with Gasteiger partial charge in [-0.15, -0.1) is 0 Å². The predicted octanol–water partition coefficient (Wildman–Crippen LogP) is 16.7. The van der Waals surface area contributed by atoms with Gasteiger partial charge in [0.2, 0.25) is 0 Å². The molecule has 10 rings (SSSR count). The van der Waals surface area contributed by atoms with Crippen molar-refractivity contribution in [2.75, 3.05) is 9.80 Å². The van der Waals surface area contributed by atoms with Gasteiger partial charge in [-0.05, 0) is 139 Å². The first-order valence-corrected chi connectivity index (χ1v) is 22.0. The molecule has 2 aliphatic carbocycles. The number of rotatable bonds is 8. The molecule has 0 aliphatic heterocycles. The Labute approximate surface area is 368 Å². The van der Waals surface area contributed by atoms with Crippen molar-refractivity contribution in [3.8, 4) is 22.3 Å². The Bertz CT molecular complexity index is 2920. The van der Waals surface area contributed by atoms with Crippen LogP contribution in [0.5, 0.6) is 0 Å². The van der Waals surface area contributed by atoms with Crippen molar-refractivity contribution in [3.05, 3.63) is 227 Å². The SMILES string of the molecule is CC(C)(C)c1ccc(N(c2ccc3c(c2)C(C)(C)c2ccccc2-3)c2ccc3c(c2)C(C)(C)c2cc(/C=C/c4ccc(N(c5ccccc5)c5ccccc5)cc4)ccc2-3)cc1. The summed E-state index contributed by atoms with van der Waals surface area (Å²) in [6.45, 7) is 16.4. The number of benzene rings is 8. The normalized spacial score (nSPS) is 14.2. The lowest BCUT2D eigenvalue weighted by molar-refractivity contribution is 0.590. The van der Waals surface area contributed by atoms with Crippen LogP contribution in [-0.2, 0) is 16.2 Å². The second kappa shape index (κ2) is 14.9. The molecule has 0 unspecified atom stereocenters. The van der Waals surface area contributed by atoms with E-state index in [0.717, 1.165) is 28.3 Å². The molecule has 62 heavy (non-hydrogen) atoms. The third kappa shape index (κ3) is 6.75. The summed E-state index contributed by atoms with van der Waals surface area (Å²) in [6.07, 6.45) is 4.48. The molecule has 0 saturated heterocycles. The van der Waals surface area contributed by atoms with E-state index in [1.165, 1.54) is 67.0 Å². The summed E-state index contributed by atoms with van der Waals surface area (Å²) >= 11 is 0. The van der Waals surface area contributed by atoms with Gasteiger partial charge in [-0.3, -0.25) is 0 Å². The second-order valence-corrected chi connectivity index (χ2v) is 19.1. The number of anilines is 6. The molecule has 0 fully saturated rings. The van der Waals surface area contributed by atoms with Gasteiger partial charge in [0, 0.05) is 45.0 Å². The minimum atomic E-state index is -0.187. The van der Waals surface area contributed by atoms with Crippen molar-refractivity contribution in [1.82, 2.24) is 0 Å². The lowest BCUT2D eigenvalue weighted by atomic mass is 9.81. The maximum atomic E-state index is 2.46. The molecule has 0 amide bonds. The number of para-hydroxylation sites is 2. The van der Waals surface area contributed by atoms with Crippen LogP contribution in [0.3, 0.4) is 0 Å². The zero-order chi connectivity index (χ0) is 42.8. The molecule has 0 heterocycles. The summed E-state index contributed by atoms with van der Waals surface area (Å²) in [6, 6.07) is 69.3. The first-order chi connectivity index (χ1) is 29.9. The Hall–Kier alpha value is -6.90. The smallest absolute Gasteiger partial charge is 0.0465 e. The summed E-state index contributed by atoms with van der Waals surface area (Å²) < 4.78 is 0. The van der Waals surface area contributed by atoms with Gasteiger partial charge in [0.15, 0.2) is 0 Å². The molecule has 2 aliphatic rings. The fraction of sp³-hybridized carbons (Fsp3) is 0.167. The fourth-order valence-electron chi connectivity index (χ4n) is 9.90. The molecular weight excluding hydrogens is 749 g/mol. The van der Waals surface area contributed by atoms with Gasteiger partial charge >= 0.3 is 0 Å². The van der Waals surface area contributed by atoms with E-state index < -0.39 is 0 Å². The summed E-state index contributed by atoms with van der Waals surface area (Å²) in [4.78, 5) is 4.76. The Morgan fingerprint density at radius 3 is 1.26 bits per heavy atom. The predicted molar refractivity (Wildman–Crippen MR) is 265 cm³/mol. The van der Waals surface area contributed by atoms with Gasteiger partial charge in [-0.2, -0.15) is 0 Å². The van der Waals surface area contributed by atoms with E-state index in [-0.39, 0.29) is 16.2 Å². The number of nitrogens with zero attached hydrogens (tertiary/aromatic N) is 2. The van der Waals surface area contributed by atoms with Crippen LogP contribution >= 0.6 is 0 Å². The van der Waals surface area contributed by atoms with Crippen LogP contribution in [0.4, 0.5) is 34.1 Å². The molecule has 8 aromatic carbocycles. The Morgan fingerprint density at radius 1 is 0.339 bits per heavy atom. The minimum Gasteiger partial charge on any atom is -0.311 e. The highest BCUT2D eigenvalue weighted by atomic mass is 15.1. The van der Waals surface area contributed by atoms with Crippen molar-refractivity contribution < 1.29 is 0 Å². The first-order valence-electron chi connectivity index (χ1n) is 22.0. The molecule has 0 spiro atoms. The summed E-state index contributed by atoms with van der Waals surface area (Å²) in [5, 5.41) is 0. The molecule has 0 N–H and O–H groups in total. The van der Waals surface area contributed by atoms with Crippen molar-refractivity contribution in [2.24, 2.45) is 0 Å². The van der Waals surface area contributed by atoms with Gasteiger partial charge in [-0.25, -0.2) is 0 Å². The fourth-order valence-corrected chi connectivity index (χ4v) is 9.90. The van der Waals surface area contributed by atoms with E-state index in [9.17, 15) is 0 Å². The molecule has 0 saturated carbocycles. The van der Waals surface area contributed by atoms with E-state index >= 15 is 0 Å². The maximum Gasteiger partial charge on any atom is 0.0465 e. The van der Waals surface area contributed by atoms with E-state index in [1.807, 2.05) is 0 Å². The van der Waals surface area contributed by atoms with Crippen LogP contribution in [0.2, 0.25) is 0 Å². The van der Waals surface area contributed by atoms with E-state index in [0.29, 0.717) is 0 Å². The molecule has 304 valence electrons. The highest BCUT2D eigenvalue weighted by Crippen LogP contribution is 2.53. The average Bonchev–Trinajstić information content (AvgIpc) is 3.65. The van der Waals surface area contributed by atoms with E-state index in [2.05, 4.69) is 258 Å². The summed E-state index contributed by atoms with van der Waals surface area (Å²) in [5.41, 5.74) is 21.2. The molecule has 2 nitrogen and oxygen atoms in total. The van der Waals surface area contributed by atoms with Gasteiger partial charge in [0.25, 0.3) is 0 Å². The minimum absolute atomic E-state index is 0.0712. The quantitative estimate of drug-likeness (QED) is 0.141. The van der Waals surface area contributed by atoms with Crippen LogP contribution in [0.1, 0.15) is 87.4 Å². The highest BCUT2D eigenvalue weighted by molar-refractivity contribution is 5.89. The largest absolute Gasteiger partial charge is 0.311 e. The average molecular weight is 803 g/mol. The van der Waals surface area contributed by atoms with E-state index in [4.69, 9.17) is 0 Å². The number of hydrogen-bond donors (Lipinski definition) is 0.